The largest absolute Gasteiger partial charge is 0.356 e. The zero-order valence-corrected chi connectivity index (χ0v) is 17.0. The Morgan fingerprint density at radius 3 is 2.97 bits per heavy atom. The summed E-state index contributed by atoms with van der Waals surface area (Å²) in [6, 6.07) is 13.8. The van der Waals surface area contributed by atoms with E-state index in [1.54, 1.807) is 12.4 Å². The number of aromatic nitrogens is 2. The van der Waals surface area contributed by atoms with Crippen molar-refractivity contribution in [1.29, 1.82) is 0 Å². The van der Waals surface area contributed by atoms with E-state index in [1.165, 1.54) is 10.9 Å². The number of aryl methyl sites for hydroxylation is 1. The molecule has 1 aromatic carbocycles. The maximum atomic E-state index is 12.5. The number of hydrogen-bond acceptors (Lipinski definition) is 4. The number of carbonyl (C=O) groups is 2. The Morgan fingerprint density at radius 1 is 1.20 bits per heavy atom. The lowest BCUT2D eigenvalue weighted by atomic mass is 10.1. The molecule has 0 saturated carbocycles. The predicted octanol–water partition coefficient (Wildman–Crippen LogP) is 1.93. The molecule has 2 aromatic heterocycles. The summed E-state index contributed by atoms with van der Waals surface area (Å²) in [7, 11) is 0. The van der Waals surface area contributed by atoms with Crippen LogP contribution in [0.15, 0.2) is 61.1 Å². The molecule has 0 bridgehead atoms. The van der Waals surface area contributed by atoms with Gasteiger partial charge in [0.2, 0.25) is 11.8 Å². The van der Waals surface area contributed by atoms with E-state index in [9.17, 15) is 9.59 Å². The van der Waals surface area contributed by atoms with Gasteiger partial charge in [-0.2, -0.15) is 0 Å². The molecule has 1 fully saturated rings. The lowest BCUT2D eigenvalue weighted by Crippen LogP contribution is -2.56. The van der Waals surface area contributed by atoms with Crippen molar-refractivity contribution in [2.75, 3.05) is 19.6 Å². The summed E-state index contributed by atoms with van der Waals surface area (Å²) in [5.41, 5.74) is 2.24. The average molecular weight is 406 g/mol. The Kier molecular flexibility index (Phi) is 6.39. The van der Waals surface area contributed by atoms with Crippen LogP contribution < -0.4 is 10.6 Å². The second kappa shape index (κ2) is 9.54. The van der Waals surface area contributed by atoms with Crippen LogP contribution in [0.25, 0.3) is 10.9 Å². The number of amides is 2. The van der Waals surface area contributed by atoms with Gasteiger partial charge in [-0.1, -0.05) is 24.3 Å². The van der Waals surface area contributed by atoms with Crippen LogP contribution in [0.4, 0.5) is 0 Å². The van der Waals surface area contributed by atoms with E-state index in [4.69, 9.17) is 0 Å². The third kappa shape index (κ3) is 4.86. The van der Waals surface area contributed by atoms with Crippen LogP contribution in [0.3, 0.4) is 0 Å². The summed E-state index contributed by atoms with van der Waals surface area (Å²) in [6.07, 6.45) is 6.61. The van der Waals surface area contributed by atoms with Gasteiger partial charge >= 0.3 is 0 Å². The van der Waals surface area contributed by atoms with Crippen molar-refractivity contribution in [2.24, 2.45) is 0 Å². The molecule has 1 aliphatic rings. The molecular formula is C23H27N5O2. The molecule has 156 valence electrons. The first-order valence-corrected chi connectivity index (χ1v) is 10.4. The molecule has 0 aliphatic carbocycles. The number of benzene rings is 1. The highest BCUT2D eigenvalue weighted by Gasteiger charge is 2.31. The van der Waals surface area contributed by atoms with Crippen molar-refractivity contribution in [3.05, 3.63) is 66.6 Å². The van der Waals surface area contributed by atoms with Gasteiger partial charge in [-0.05, 0) is 35.6 Å². The van der Waals surface area contributed by atoms with Crippen LogP contribution in [-0.2, 0) is 22.7 Å². The number of rotatable bonds is 8. The Balaban J connectivity index is 1.27. The van der Waals surface area contributed by atoms with Crippen LogP contribution in [-0.4, -0.2) is 51.9 Å². The van der Waals surface area contributed by atoms with E-state index in [2.05, 4.69) is 49.5 Å². The predicted molar refractivity (Wildman–Crippen MR) is 116 cm³/mol. The molecule has 0 unspecified atom stereocenters. The normalized spacial score (nSPS) is 17.1. The minimum Gasteiger partial charge on any atom is -0.356 e. The van der Waals surface area contributed by atoms with Gasteiger partial charge in [0.05, 0.1) is 12.5 Å². The molecule has 2 amide bonds. The molecule has 0 radical (unpaired) electrons. The number of hydrogen-bond donors (Lipinski definition) is 2. The molecule has 4 rings (SSSR count). The van der Waals surface area contributed by atoms with Crippen molar-refractivity contribution in [3.63, 3.8) is 0 Å². The molecule has 7 heteroatoms. The highest BCUT2D eigenvalue weighted by molar-refractivity contribution is 5.88. The maximum Gasteiger partial charge on any atom is 0.237 e. The summed E-state index contributed by atoms with van der Waals surface area (Å²) in [5, 5.41) is 7.07. The summed E-state index contributed by atoms with van der Waals surface area (Å²) in [6.45, 7) is 3.36. The number of para-hydroxylation sites is 1. The van der Waals surface area contributed by atoms with E-state index in [0.29, 0.717) is 19.6 Å². The quantitative estimate of drug-likeness (QED) is 0.562. The highest BCUT2D eigenvalue weighted by Crippen LogP contribution is 2.15. The monoisotopic (exact) mass is 405 g/mol. The fraction of sp³-hybridized carbons (Fsp3) is 0.348. The molecule has 1 saturated heterocycles. The first-order chi connectivity index (χ1) is 14.7. The van der Waals surface area contributed by atoms with Crippen LogP contribution >= 0.6 is 0 Å². The van der Waals surface area contributed by atoms with Gasteiger partial charge in [0.25, 0.3) is 0 Å². The standard InChI is InChI=1S/C23H27N5O2/c29-22(25-10-4-12-27-13-8-19-6-1-2-7-20(19)27)15-21-23(30)26-11-14-28(21)17-18-5-3-9-24-16-18/h1-3,5-9,13,16,21H,4,10-12,14-15,17H2,(H,25,29)(H,26,30)/t21-/m0/s1. The number of nitrogens with one attached hydrogen (secondary N) is 2. The van der Waals surface area contributed by atoms with Crippen molar-refractivity contribution in [1.82, 2.24) is 25.1 Å². The first-order valence-electron chi connectivity index (χ1n) is 10.4. The summed E-state index contributed by atoms with van der Waals surface area (Å²) >= 11 is 0. The summed E-state index contributed by atoms with van der Waals surface area (Å²) < 4.78 is 2.20. The van der Waals surface area contributed by atoms with E-state index in [-0.39, 0.29) is 18.2 Å². The second-order valence-electron chi connectivity index (χ2n) is 7.61. The molecule has 3 aromatic rings. The van der Waals surface area contributed by atoms with Gasteiger partial charge in [0.1, 0.15) is 0 Å². The smallest absolute Gasteiger partial charge is 0.237 e. The highest BCUT2D eigenvalue weighted by atomic mass is 16.2. The summed E-state index contributed by atoms with van der Waals surface area (Å²) in [4.78, 5) is 31.1. The Morgan fingerprint density at radius 2 is 2.10 bits per heavy atom. The molecule has 1 atom stereocenters. The number of piperazine rings is 1. The number of nitrogens with zero attached hydrogens (tertiary/aromatic N) is 3. The maximum absolute atomic E-state index is 12.5. The minimum atomic E-state index is -0.452. The van der Waals surface area contributed by atoms with Crippen molar-refractivity contribution < 1.29 is 9.59 Å². The zero-order valence-electron chi connectivity index (χ0n) is 17.0. The number of fused-ring (bicyclic) bond motifs is 1. The lowest BCUT2D eigenvalue weighted by Gasteiger charge is -2.34. The minimum absolute atomic E-state index is 0.0842. The van der Waals surface area contributed by atoms with Crippen molar-refractivity contribution in [2.45, 2.75) is 32.0 Å². The van der Waals surface area contributed by atoms with Crippen LogP contribution in [0.1, 0.15) is 18.4 Å². The first kappa shape index (κ1) is 20.1. The van der Waals surface area contributed by atoms with Gasteiger partial charge < -0.3 is 15.2 Å². The van der Waals surface area contributed by atoms with Crippen molar-refractivity contribution in [3.8, 4) is 0 Å². The topological polar surface area (TPSA) is 79.3 Å². The lowest BCUT2D eigenvalue weighted by molar-refractivity contribution is -0.134. The van der Waals surface area contributed by atoms with Crippen LogP contribution in [0.2, 0.25) is 0 Å². The fourth-order valence-electron chi connectivity index (χ4n) is 3.96. The second-order valence-corrected chi connectivity index (χ2v) is 7.61. The van der Waals surface area contributed by atoms with E-state index in [0.717, 1.165) is 25.1 Å². The molecule has 2 N–H and O–H groups in total. The molecule has 30 heavy (non-hydrogen) atoms. The summed E-state index contributed by atoms with van der Waals surface area (Å²) in [5.74, 6) is -0.176. The molecule has 0 spiro atoms. The zero-order chi connectivity index (χ0) is 20.8. The van der Waals surface area contributed by atoms with Gasteiger partial charge in [0.15, 0.2) is 0 Å². The Bertz CT molecular complexity index is 1000. The third-order valence-electron chi connectivity index (χ3n) is 5.51. The molecule has 1 aliphatic heterocycles. The van der Waals surface area contributed by atoms with Gasteiger partial charge in [-0.3, -0.25) is 19.5 Å². The average Bonchev–Trinajstić information content (AvgIpc) is 3.18. The van der Waals surface area contributed by atoms with Crippen molar-refractivity contribution >= 4 is 22.7 Å². The third-order valence-corrected chi connectivity index (χ3v) is 5.51. The molecule has 7 nitrogen and oxygen atoms in total. The van der Waals surface area contributed by atoms with Crippen LogP contribution in [0.5, 0.6) is 0 Å². The number of carbonyl (C=O) groups excluding carboxylic acids is 2. The van der Waals surface area contributed by atoms with E-state index >= 15 is 0 Å². The Hall–Kier alpha value is -3.19. The SMILES string of the molecule is O=C(C[C@H]1C(=O)NCCN1Cc1cccnc1)NCCCn1ccc2ccccc21. The van der Waals surface area contributed by atoms with E-state index < -0.39 is 6.04 Å². The van der Waals surface area contributed by atoms with Gasteiger partial charge in [-0.25, -0.2) is 0 Å². The molecular weight excluding hydrogens is 378 g/mol. The fourth-order valence-corrected chi connectivity index (χ4v) is 3.96. The molecule has 3 heterocycles. The number of pyridine rings is 1. The Labute approximate surface area is 176 Å². The van der Waals surface area contributed by atoms with Gasteiger partial charge in [0, 0.05) is 56.8 Å². The van der Waals surface area contributed by atoms with Gasteiger partial charge in [-0.15, -0.1) is 0 Å². The van der Waals surface area contributed by atoms with Crippen LogP contribution in [0, 0.1) is 0 Å². The van der Waals surface area contributed by atoms with E-state index in [1.807, 2.05) is 24.3 Å².